The van der Waals surface area contributed by atoms with Gasteiger partial charge in [-0.3, -0.25) is 53.3 Å². The molecule has 18 aliphatic rings. The summed E-state index contributed by atoms with van der Waals surface area (Å²) < 4.78 is 17.9. The van der Waals surface area contributed by atoms with Crippen LogP contribution in [-0.4, -0.2) is 288 Å². The molecule has 45 heteroatoms. The van der Waals surface area contributed by atoms with Gasteiger partial charge in [0.05, 0.1) is 88.3 Å². The minimum Gasteiger partial charge on any atom is -0.415 e. The largest absolute Gasteiger partial charge is 0.415 e. The van der Waals surface area contributed by atoms with E-state index in [4.69, 9.17) is 10.5 Å². The van der Waals surface area contributed by atoms with Gasteiger partial charge in [-0.05, 0) is 149 Å². The molecule has 0 radical (unpaired) electrons. The number of ether oxygens (including phenoxy) is 1. The number of hydrogen-bond donors (Lipinski definition) is 19. The number of nitrogens with two attached hydrogens (primary N) is 1. The molecule has 24 atom stereocenters. The van der Waals surface area contributed by atoms with E-state index >= 15 is 0 Å². The lowest BCUT2D eigenvalue weighted by Gasteiger charge is -2.33. The highest BCUT2D eigenvalue weighted by Gasteiger charge is 2.70. The number of amides is 17. The van der Waals surface area contributed by atoms with Crippen molar-refractivity contribution in [3.63, 3.8) is 0 Å². The van der Waals surface area contributed by atoms with Gasteiger partial charge < -0.3 is 132 Å². The number of aromatic nitrogens is 6. The van der Waals surface area contributed by atoms with Crippen LogP contribution in [0.25, 0.3) is 11.3 Å². The Balaban J connectivity index is 0.0000000955. The molecule has 18 heterocycles. The van der Waals surface area contributed by atoms with Crippen molar-refractivity contribution in [1.82, 2.24) is 116 Å². The van der Waals surface area contributed by atoms with Gasteiger partial charge in [-0.2, -0.15) is 0 Å². The standard InChI is InChI=1S/C19H19BrN4O3.C18H19N5O3.C13H15BrN4O3.C13H16N4O3.C12H14N4O3.C11H11N3O4/c1-10-2-4-11(5-3-10)9-23-18(26)22-16-15-13(8-19(16,23)27)24-12(17(25)21-15)6-7-14(24)20;1-22-17(25)21-15-14-13(8-18(15,22)26)23-11(6-7-12(23)16(24)20-14)9-2-4-10(19)5-3-9;1-2-17-12(20)16-10-9-7(5-13(10,17)21)18-6(11(19)15-9)3-4-8(18)14;1-2-17-12(19)15-10-9-8(6-13(10,17)20)16-5-3-4-7(16)11(18)14-9;1-15-11(18)14-9-8-7(5-12(9,15)19)16-4-2-3-6(16)10(17)13-8;15-9-5-2-1-3-14(5)6-4-11(17)8(7(6)12-9)13-10(16)18-11/h2-7,13,15-16,27H,8-9H2,1H3,(H,21,25)(H,22,26);2-7,13-15,26H,8,19H2,1H3,(H,20,24)(H,21,25);3-4,7,9-10,21H,2,5H2,1H3,(H,15,19)(H,16,20);3-5,8-10,20H,2,6H2,1H3,(H,14,18)(H,15,19);2-4,7-9,19H,5H2,1H3,(H,13,17)(H,14,18);1-3,6-8,17H,4H2,(H,12,15)(H,13,16)/t13-,15-,16+,19+;13-,14-,15+,18+;7-,9-,10+,13+;8-,9-,10+,13+;7-,8-,9+,12+;6-,7-,8+,11-/m111111/s1. The Morgan fingerprint density at radius 3 is 1.12 bits per heavy atom. The first-order valence-electron chi connectivity index (χ1n) is 43.3. The maximum atomic E-state index is 12.6. The number of fused-ring (bicyclic) bond motifs is 30. The average molecular weight is 1930 g/mol. The zero-order chi connectivity index (χ0) is 92.0. The summed E-state index contributed by atoms with van der Waals surface area (Å²) in [6.07, 6.45) is 7.00. The topological polar surface area (TPSA) is 552 Å². The van der Waals surface area contributed by atoms with Crippen LogP contribution in [0.15, 0.2) is 149 Å². The van der Waals surface area contributed by atoms with E-state index < -0.39 is 76.8 Å². The summed E-state index contributed by atoms with van der Waals surface area (Å²) in [7, 11) is 3.15. The van der Waals surface area contributed by atoms with E-state index in [0.717, 1.165) is 31.6 Å². The van der Waals surface area contributed by atoms with Gasteiger partial charge in [0.1, 0.15) is 70.4 Å². The predicted octanol–water partition coefficient (Wildman–Crippen LogP) is 1.06. The lowest BCUT2D eigenvalue weighted by Crippen LogP contribution is -2.56. The quantitative estimate of drug-likeness (QED) is 0.107. The predicted molar refractivity (Wildman–Crippen MR) is 463 cm³/mol. The number of benzene rings is 2. The summed E-state index contributed by atoms with van der Waals surface area (Å²) in [6, 6.07) is 29.7. The van der Waals surface area contributed by atoms with E-state index in [2.05, 4.69) is 95.7 Å². The molecule has 0 spiro atoms. The van der Waals surface area contributed by atoms with Crippen LogP contribution in [-0.2, 0) is 11.3 Å². The van der Waals surface area contributed by atoms with Crippen molar-refractivity contribution in [2.75, 3.05) is 32.9 Å². The smallest absolute Gasteiger partial charge is 0.410 e. The number of halogens is 2. The summed E-state index contributed by atoms with van der Waals surface area (Å²) in [5.41, 5.74) is 7.38. The molecule has 26 rings (SSSR count). The van der Waals surface area contributed by atoms with E-state index in [9.17, 15) is 88.2 Å². The van der Waals surface area contributed by atoms with Crippen LogP contribution in [0.1, 0.15) is 163 Å². The van der Waals surface area contributed by atoms with Gasteiger partial charge in [-0.1, -0.05) is 42.0 Å². The molecule has 0 bridgehead atoms. The van der Waals surface area contributed by atoms with E-state index in [1.807, 2.05) is 139 Å². The van der Waals surface area contributed by atoms with Crippen LogP contribution in [0.2, 0.25) is 0 Å². The molecule has 12 fully saturated rings. The lowest BCUT2D eigenvalue weighted by atomic mass is 10.0. The van der Waals surface area contributed by atoms with Crippen LogP contribution < -0.4 is 69.5 Å². The van der Waals surface area contributed by atoms with Crippen molar-refractivity contribution in [2.45, 2.75) is 209 Å². The number of carbonyl (C=O) groups is 12. The minimum absolute atomic E-state index is 0.0395. The molecule has 6 aliphatic carbocycles. The third kappa shape index (κ3) is 12.4. The molecule has 6 saturated heterocycles. The van der Waals surface area contributed by atoms with Crippen LogP contribution in [0.5, 0.6) is 0 Å². The van der Waals surface area contributed by atoms with E-state index in [-0.39, 0.29) is 145 Å². The number of rotatable bonds is 5. The monoisotopic (exact) mass is 1920 g/mol. The Hall–Kier alpha value is -12.9. The van der Waals surface area contributed by atoms with Gasteiger partial charge in [0.15, 0.2) is 28.6 Å². The van der Waals surface area contributed by atoms with Crippen molar-refractivity contribution in [3.8, 4) is 11.3 Å². The van der Waals surface area contributed by atoms with Gasteiger partial charge in [-0.15, -0.1) is 0 Å². The van der Waals surface area contributed by atoms with E-state index in [1.165, 1.54) is 24.5 Å². The summed E-state index contributed by atoms with van der Waals surface area (Å²) >= 11 is 6.96. The Bertz CT molecular complexity index is 6210. The number of hydrogen-bond acceptors (Lipinski definition) is 20. The first-order chi connectivity index (χ1) is 62.4. The maximum absolute atomic E-state index is 12.6. The van der Waals surface area contributed by atoms with Crippen LogP contribution >= 0.6 is 31.9 Å². The SMILES string of the molecule is CCN1C(=O)N[C@H]2[C@@H]3NC(=O)c4ccc(Br)n4[C@@H]3C[C@]21O.CCN1C(=O)N[C@H]2[C@@H]3NC(=O)c4cccn4[C@@H]3C[C@]21O.CN1C(=O)N[C@H]2[C@@H]3NC(=O)c4ccc(-c5ccc(N)cc5)n4[C@@H]3C[C@]21O.CN1C(=O)N[C@H]2[C@@H]3NC(=O)c4cccn4[C@@H]3C[C@]21O.Cc1ccc(CN2C(=O)N[C@H]3[C@@H]4NC(=O)c5ccc(Br)n5[C@@H]4C[C@]32O)cc1.O=C1N[C@H]2[C@@H]3NC(=O)c4cccn4[C@@H]3C[C@@]2(O)O1. The van der Waals surface area contributed by atoms with Crippen molar-refractivity contribution in [2.24, 2.45) is 0 Å². The van der Waals surface area contributed by atoms with Crippen LogP contribution in [0, 0.1) is 6.92 Å². The molecule has 6 saturated carbocycles. The Morgan fingerprint density at radius 2 is 0.687 bits per heavy atom. The number of carbonyl (C=O) groups excluding carboxylic acids is 12. The number of aliphatic hydroxyl groups is 6. The normalized spacial score (nSPS) is 35.8. The fraction of sp³-hybridized carbons (Fsp3) is 0.442. The first kappa shape index (κ1) is 84.9. The van der Waals surface area contributed by atoms with E-state index in [0.29, 0.717) is 91.6 Å². The number of nitrogen functional groups attached to an aromatic ring is 1. The summed E-state index contributed by atoms with van der Waals surface area (Å²) in [5, 5.41) is 99.7. The number of anilines is 1. The van der Waals surface area contributed by atoms with Crippen molar-refractivity contribution in [3.05, 3.63) is 194 Å². The summed E-state index contributed by atoms with van der Waals surface area (Å²) in [5.74, 6) is -2.66. The molecule has 20 N–H and O–H groups in total. The second kappa shape index (κ2) is 29.8. The van der Waals surface area contributed by atoms with Gasteiger partial charge in [0.25, 0.3) is 35.4 Å². The fourth-order valence-corrected chi connectivity index (χ4v) is 25.1. The highest BCUT2D eigenvalue weighted by atomic mass is 79.9. The first-order valence-corrected chi connectivity index (χ1v) is 44.9. The molecule has 8 aromatic rings. The molecular weight excluding hydrogens is 1830 g/mol. The zero-order valence-corrected chi connectivity index (χ0v) is 74.0. The molecule has 6 aromatic heterocycles. The zero-order valence-electron chi connectivity index (χ0n) is 70.8. The second-order valence-corrected chi connectivity index (χ2v) is 38.1. The molecular formula is C86H94Br2N24O19. The maximum Gasteiger partial charge on any atom is 0.410 e. The minimum atomic E-state index is -1.54. The molecule has 12 aliphatic heterocycles. The third-order valence-electron chi connectivity index (χ3n) is 30.1. The van der Waals surface area contributed by atoms with Gasteiger partial charge in [0.2, 0.25) is 5.79 Å². The summed E-state index contributed by atoms with van der Waals surface area (Å²) in [6.45, 7) is 6.84. The van der Waals surface area contributed by atoms with E-state index in [1.54, 1.807) is 62.8 Å². The van der Waals surface area contributed by atoms with Crippen LogP contribution in [0.4, 0.5) is 34.5 Å². The number of urea groups is 5. The molecule has 43 nitrogen and oxygen atoms in total. The average Bonchev–Trinajstić information content (AvgIpc) is 1.54. The second-order valence-electron chi connectivity index (χ2n) is 36.5. The Kier molecular flexibility index (Phi) is 19.3. The molecule has 17 amide bonds. The van der Waals surface area contributed by atoms with Gasteiger partial charge in [-0.25, -0.2) is 28.8 Å². The fourth-order valence-electron chi connectivity index (χ4n) is 23.9. The highest BCUT2D eigenvalue weighted by molar-refractivity contribution is 9.10. The Morgan fingerprint density at radius 1 is 0.359 bits per heavy atom. The molecule has 2 aromatic carbocycles. The van der Waals surface area contributed by atoms with Crippen LogP contribution in [0.3, 0.4) is 0 Å². The Labute approximate surface area is 761 Å². The van der Waals surface area contributed by atoms with Crippen molar-refractivity contribution in [1.29, 1.82) is 0 Å². The number of nitrogens with one attached hydrogen (secondary N) is 12. The number of nitrogens with zero attached hydrogens (tertiary/aromatic N) is 11. The molecule has 0 unspecified atom stereocenters. The molecule has 686 valence electrons. The van der Waals surface area contributed by atoms with Crippen molar-refractivity contribution >= 4 is 109 Å². The number of likely N-dealkylation sites (N-methyl/N-ethyl adjacent to an activating group) is 4. The number of aryl methyl sites for hydroxylation is 1. The van der Waals surface area contributed by atoms with Gasteiger partial charge in [0, 0.05) is 95.7 Å². The van der Waals surface area contributed by atoms with Gasteiger partial charge >= 0.3 is 36.2 Å². The summed E-state index contributed by atoms with van der Waals surface area (Å²) in [4.78, 5) is 152. The third-order valence-corrected chi connectivity index (χ3v) is 31.3. The lowest BCUT2D eigenvalue weighted by molar-refractivity contribution is -0.141. The molecule has 131 heavy (non-hydrogen) atoms. The number of alkyl carbamates (subject to hydrolysis) is 1. The van der Waals surface area contributed by atoms with Crippen molar-refractivity contribution < 1.29 is 92.9 Å². The highest BCUT2D eigenvalue weighted by Crippen LogP contribution is 2.54.